The molecule has 0 radical (unpaired) electrons. The zero-order valence-electron chi connectivity index (χ0n) is 13.3. The number of H-pyrrole nitrogens is 1. The van der Waals surface area contributed by atoms with E-state index in [0.717, 1.165) is 5.56 Å². The first-order valence-electron chi connectivity index (χ1n) is 7.45. The Morgan fingerprint density at radius 1 is 1.20 bits per heavy atom. The Labute approximate surface area is 148 Å². The first-order valence-corrected chi connectivity index (χ1v) is 7.83. The number of carbonyl (C=O) groups excluding carboxylic acids is 1. The van der Waals surface area contributed by atoms with Crippen LogP contribution in [0.3, 0.4) is 0 Å². The minimum absolute atomic E-state index is 0.255. The van der Waals surface area contributed by atoms with Crippen LogP contribution in [0.5, 0.6) is 0 Å². The number of hydrazone groups is 1. The minimum atomic E-state index is -0.438. The van der Waals surface area contributed by atoms with Crippen LogP contribution in [0, 0.1) is 5.82 Å². The first kappa shape index (κ1) is 16.9. The third kappa shape index (κ3) is 3.92. The number of aromatic amines is 1. The SMILES string of the molecule is CC(=NNC(=O)c1cc(-c2ccccc2Cl)n[nH]1)c1ccc(F)cc1. The molecule has 1 aromatic heterocycles. The van der Waals surface area contributed by atoms with Crippen LogP contribution in [0.4, 0.5) is 4.39 Å². The van der Waals surface area contributed by atoms with Crippen molar-refractivity contribution in [1.29, 1.82) is 0 Å². The van der Waals surface area contributed by atoms with Gasteiger partial charge in [-0.2, -0.15) is 10.2 Å². The quantitative estimate of drug-likeness (QED) is 0.547. The summed E-state index contributed by atoms with van der Waals surface area (Å²) in [5, 5.41) is 11.3. The van der Waals surface area contributed by atoms with E-state index in [1.807, 2.05) is 18.2 Å². The summed E-state index contributed by atoms with van der Waals surface area (Å²) in [6, 6.07) is 14.7. The largest absolute Gasteiger partial charge is 0.289 e. The van der Waals surface area contributed by atoms with E-state index in [0.29, 0.717) is 22.0 Å². The van der Waals surface area contributed by atoms with Gasteiger partial charge in [-0.25, -0.2) is 9.82 Å². The summed E-state index contributed by atoms with van der Waals surface area (Å²) >= 11 is 6.13. The van der Waals surface area contributed by atoms with Crippen molar-refractivity contribution in [3.63, 3.8) is 0 Å². The van der Waals surface area contributed by atoms with Crippen molar-refractivity contribution in [2.24, 2.45) is 5.10 Å². The van der Waals surface area contributed by atoms with Gasteiger partial charge in [-0.15, -0.1) is 0 Å². The maximum Gasteiger partial charge on any atom is 0.289 e. The molecule has 0 aliphatic rings. The molecule has 0 unspecified atom stereocenters. The number of rotatable bonds is 4. The average Bonchev–Trinajstić information content (AvgIpc) is 3.10. The van der Waals surface area contributed by atoms with Gasteiger partial charge in [-0.1, -0.05) is 41.9 Å². The Kier molecular flexibility index (Phi) is 4.90. The second-order valence-corrected chi connectivity index (χ2v) is 5.70. The van der Waals surface area contributed by atoms with Crippen LogP contribution in [-0.4, -0.2) is 21.8 Å². The normalized spacial score (nSPS) is 11.4. The van der Waals surface area contributed by atoms with Gasteiger partial charge in [-0.05, 0) is 36.8 Å². The molecule has 3 aromatic rings. The van der Waals surface area contributed by atoms with Crippen LogP contribution in [0.2, 0.25) is 5.02 Å². The van der Waals surface area contributed by atoms with E-state index in [9.17, 15) is 9.18 Å². The molecule has 126 valence electrons. The number of hydrogen-bond acceptors (Lipinski definition) is 3. The molecule has 1 heterocycles. The summed E-state index contributed by atoms with van der Waals surface area (Å²) in [4.78, 5) is 12.2. The van der Waals surface area contributed by atoms with Crippen molar-refractivity contribution in [3.05, 3.63) is 76.7 Å². The van der Waals surface area contributed by atoms with Crippen molar-refractivity contribution in [1.82, 2.24) is 15.6 Å². The van der Waals surface area contributed by atoms with E-state index in [1.165, 1.54) is 12.1 Å². The minimum Gasteiger partial charge on any atom is -0.272 e. The summed E-state index contributed by atoms with van der Waals surface area (Å²) in [7, 11) is 0. The van der Waals surface area contributed by atoms with Crippen molar-refractivity contribution in [2.75, 3.05) is 0 Å². The van der Waals surface area contributed by atoms with Crippen molar-refractivity contribution >= 4 is 23.2 Å². The van der Waals surface area contributed by atoms with E-state index in [4.69, 9.17) is 11.6 Å². The van der Waals surface area contributed by atoms with Crippen LogP contribution >= 0.6 is 11.6 Å². The third-order valence-corrected chi connectivity index (χ3v) is 3.89. The topological polar surface area (TPSA) is 70.1 Å². The molecule has 2 aromatic carbocycles. The van der Waals surface area contributed by atoms with Crippen molar-refractivity contribution < 1.29 is 9.18 Å². The van der Waals surface area contributed by atoms with Crippen molar-refractivity contribution in [3.8, 4) is 11.3 Å². The van der Waals surface area contributed by atoms with Crippen LogP contribution in [0.25, 0.3) is 11.3 Å². The lowest BCUT2D eigenvalue weighted by atomic mass is 10.1. The molecule has 0 fully saturated rings. The second kappa shape index (κ2) is 7.27. The van der Waals surface area contributed by atoms with Crippen LogP contribution in [0.15, 0.2) is 59.7 Å². The summed E-state index contributed by atoms with van der Waals surface area (Å²) in [5.41, 5.74) is 5.26. The predicted molar refractivity (Wildman–Crippen MR) is 95.1 cm³/mol. The van der Waals surface area contributed by atoms with Gasteiger partial charge in [0, 0.05) is 5.56 Å². The fraction of sp³-hybridized carbons (Fsp3) is 0.0556. The van der Waals surface area contributed by atoms with Crippen LogP contribution < -0.4 is 5.43 Å². The summed E-state index contributed by atoms with van der Waals surface area (Å²) in [6.45, 7) is 1.72. The van der Waals surface area contributed by atoms with E-state index in [1.54, 1.807) is 31.2 Å². The Balaban J connectivity index is 1.73. The highest BCUT2D eigenvalue weighted by atomic mass is 35.5. The molecule has 0 spiro atoms. The standard InChI is InChI=1S/C18H14ClFN4O/c1-11(12-6-8-13(20)9-7-12)21-24-18(25)17-10-16(22-23-17)14-4-2-3-5-15(14)19/h2-10H,1H3,(H,22,23)(H,24,25). The number of hydrogen-bond donors (Lipinski definition) is 2. The predicted octanol–water partition coefficient (Wildman–Crippen LogP) is 4.02. The molecule has 0 aliphatic carbocycles. The molecule has 0 bridgehead atoms. The van der Waals surface area contributed by atoms with E-state index in [2.05, 4.69) is 20.7 Å². The zero-order chi connectivity index (χ0) is 17.8. The summed E-state index contributed by atoms with van der Waals surface area (Å²) in [5.74, 6) is -0.766. The van der Waals surface area contributed by atoms with Gasteiger partial charge in [0.1, 0.15) is 11.5 Å². The van der Waals surface area contributed by atoms with Gasteiger partial charge in [0.05, 0.1) is 16.4 Å². The Morgan fingerprint density at radius 3 is 2.64 bits per heavy atom. The highest BCUT2D eigenvalue weighted by molar-refractivity contribution is 6.33. The molecular weight excluding hydrogens is 343 g/mol. The number of halogens is 2. The first-order chi connectivity index (χ1) is 12.0. The number of carbonyl (C=O) groups is 1. The molecule has 2 N–H and O–H groups in total. The van der Waals surface area contributed by atoms with Gasteiger partial charge >= 0.3 is 0 Å². The Hall–Kier alpha value is -2.99. The molecule has 3 rings (SSSR count). The lowest BCUT2D eigenvalue weighted by Crippen LogP contribution is -2.19. The lowest BCUT2D eigenvalue weighted by Gasteiger charge is -2.01. The van der Waals surface area contributed by atoms with Gasteiger partial charge in [0.25, 0.3) is 5.91 Å². The summed E-state index contributed by atoms with van der Waals surface area (Å²) in [6.07, 6.45) is 0. The van der Waals surface area contributed by atoms with E-state index >= 15 is 0 Å². The highest BCUT2D eigenvalue weighted by Crippen LogP contribution is 2.26. The van der Waals surface area contributed by atoms with Gasteiger partial charge in [-0.3, -0.25) is 9.89 Å². The summed E-state index contributed by atoms with van der Waals surface area (Å²) < 4.78 is 12.9. The number of aromatic nitrogens is 2. The molecule has 1 amide bonds. The fourth-order valence-corrected chi connectivity index (χ4v) is 2.43. The third-order valence-electron chi connectivity index (χ3n) is 3.56. The smallest absolute Gasteiger partial charge is 0.272 e. The Morgan fingerprint density at radius 2 is 1.92 bits per heavy atom. The number of benzene rings is 2. The number of nitrogens with one attached hydrogen (secondary N) is 2. The van der Waals surface area contributed by atoms with Crippen molar-refractivity contribution in [2.45, 2.75) is 6.92 Å². The zero-order valence-corrected chi connectivity index (χ0v) is 14.0. The second-order valence-electron chi connectivity index (χ2n) is 5.29. The molecule has 25 heavy (non-hydrogen) atoms. The van der Waals surface area contributed by atoms with Crippen LogP contribution in [-0.2, 0) is 0 Å². The van der Waals surface area contributed by atoms with Gasteiger partial charge in [0.2, 0.25) is 0 Å². The molecular formula is C18H14ClFN4O. The van der Waals surface area contributed by atoms with E-state index < -0.39 is 5.91 Å². The maximum absolute atomic E-state index is 12.9. The molecule has 0 saturated carbocycles. The monoisotopic (exact) mass is 356 g/mol. The van der Waals surface area contributed by atoms with Gasteiger partial charge < -0.3 is 0 Å². The Bertz CT molecular complexity index is 934. The number of nitrogens with zero attached hydrogens (tertiary/aromatic N) is 2. The number of amides is 1. The molecule has 0 atom stereocenters. The fourth-order valence-electron chi connectivity index (χ4n) is 2.20. The lowest BCUT2D eigenvalue weighted by molar-refractivity contribution is 0.0950. The van der Waals surface area contributed by atoms with Gasteiger partial charge in [0.15, 0.2) is 0 Å². The average molecular weight is 357 g/mol. The molecule has 7 heteroatoms. The molecule has 5 nitrogen and oxygen atoms in total. The van der Waals surface area contributed by atoms with E-state index in [-0.39, 0.29) is 11.5 Å². The molecule has 0 saturated heterocycles. The highest BCUT2D eigenvalue weighted by Gasteiger charge is 2.12. The van der Waals surface area contributed by atoms with Crippen LogP contribution in [0.1, 0.15) is 23.0 Å². The maximum atomic E-state index is 12.9. The molecule has 0 aliphatic heterocycles.